The minimum absolute atomic E-state index is 0.113. The molecule has 1 aliphatic heterocycles. The van der Waals surface area contributed by atoms with E-state index in [9.17, 15) is 18.0 Å². The molecule has 9 heteroatoms. The van der Waals surface area contributed by atoms with Gasteiger partial charge in [0.1, 0.15) is 11.0 Å². The molecular weight excluding hydrogens is 359 g/mol. The smallest absolute Gasteiger partial charge is 0.370 e. The normalized spacial score (nSPS) is 20.8. The summed E-state index contributed by atoms with van der Waals surface area (Å²) in [5.74, 6) is -0.0361. The topological polar surface area (TPSA) is 84.1 Å². The van der Waals surface area contributed by atoms with Crippen molar-refractivity contribution in [3.05, 3.63) is 30.1 Å². The molecule has 2 aromatic rings. The summed E-state index contributed by atoms with van der Waals surface area (Å²) < 4.78 is 39.9. The van der Waals surface area contributed by atoms with Gasteiger partial charge in [-0.1, -0.05) is 6.92 Å². The van der Waals surface area contributed by atoms with Crippen LogP contribution >= 0.6 is 0 Å². The van der Waals surface area contributed by atoms with Crippen LogP contribution in [0.2, 0.25) is 0 Å². The molecule has 0 bridgehead atoms. The SMILES string of the molecule is C[C@H]1C[C@@H](NCCC(N)=O)CN(c2ccc(C(F)(F)F)c3nccnc23)C1. The van der Waals surface area contributed by atoms with Crippen molar-refractivity contribution in [3.63, 3.8) is 0 Å². The number of nitrogens with one attached hydrogen (secondary N) is 1. The Morgan fingerprint density at radius 2 is 1.96 bits per heavy atom. The van der Waals surface area contributed by atoms with Crippen LogP contribution in [0.25, 0.3) is 11.0 Å². The molecule has 1 aliphatic rings. The summed E-state index contributed by atoms with van der Waals surface area (Å²) in [5.41, 5.74) is 5.13. The summed E-state index contributed by atoms with van der Waals surface area (Å²) in [6.07, 6.45) is -0.643. The number of alkyl halides is 3. The second kappa shape index (κ2) is 7.67. The summed E-state index contributed by atoms with van der Waals surface area (Å²) >= 11 is 0. The van der Waals surface area contributed by atoms with Gasteiger partial charge in [0.2, 0.25) is 5.91 Å². The van der Waals surface area contributed by atoms with Crippen LogP contribution in [0.15, 0.2) is 24.5 Å². The van der Waals surface area contributed by atoms with Crippen molar-refractivity contribution >= 4 is 22.6 Å². The first-order valence-electron chi connectivity index (χ1n) is 8.83. The van der Waals surface area contributed by atoms with Gasteiger partial charge in [-0.15, -0.1) is 0 Å². The Kier molecular flexibility index (Phi) is 5.50. The monoisotopic (exact) mass is 381 g/mol. The van der Waals surface area contributed by atoms with Gasteiger partial charge in [-0.2, -0.15) is 13.2 Å². The van der Waals surface area contributed by atoms with Gasteiger partial charge in [0.05, 0.1) is 11.3 Å². The number of anilines is 1. The lowest BCUT2D eigenvalue weighted by Crippen LogP contribution is -2.49. The first-order valence-corrected chi connectivity index (χ1v) is 8.83. The first-order chi connectivity index (χ1) is 12.8. The fourth-order valence-corrected chi connectivity index (χ4v) is 3.62. The molecule has 3 N–H and O–H groups in total. The molecule has 0 unspecified atom stereocenters. The van der Waals surface area contributed by atoms with Gasteiger partial charge in [0.25, 0.3) is 0 Å². The van der Waals surface area contributed by atoms with Crippen LogP contribution in [0.1, 0.15) is 25.3 Å². The summed E-state index contributed by atoms with van der Waals surface area (Å²) in [4.78, 5) is 21.1. The lowest BCUT2D eigenvalue weighted by atomic mass is 9.95. The van der Waals surface area contributed by atoms with Crippen LogP contribution in [0.3, 0.4) is 0 Å². The molecule has 1 aromatic carbocycles. The van der Waals surface area contributed by atoms with Crippen LogP contribution in [-0.2, 0) is 11.0 Å². The summed E-state index contributed by atoms with van der Waals surface area (Å²) in [6, 6.07) is 2.65. The van der Waals surface area contributed by atoms with Crippen LogP contribution < -0.4 is 16.0 Å². The molecule has 0 spiro atoms. The number of carbonyl (C=O) groups is 1. The first kappa shape index (κ1) is 19.3. The average Bonchev–Trinajstić information content (AvgIpc) is 2.59. The quantitative estimate of drug-likeness (QED) is 0.831. The van der Waals surface area contributed by atoms with Gasteiger partial charge in [-0.05, 0) is 24.5 Å². The highest BCUT2D eigenvalue weighted by molar-refractivity contribution is 5.90. The Balaban J connectivity index is 1.89. The largest absolute Gasteiger partial charge is 0.418 e. The maximum Gasteiger partial charge on any atom is 0.418 e. The van der Waals surface area contributed by atoms with Gasteiger partial charge < -0.3 is 16.0 Å². The third kappa shape index (κ3) is 4.47. The van der Waals surface area contributed by atoms with Crippen LogP contribution in [0.4, 0.5) is 18.9 Å². The fourth-order valence-electron chi connectivity index (χ4n) is 3.62. The van der Waals surface area contributed by atoms with Crippen molar-refractivity contribution in [1.82, 2.24) is 15.3 Å². The second-order valence-electron chi connectivity index (χ2n) is 7.00. The Morgan fingerprint density at radius 1 is 1.26 bits per heavy atom. The van der Waals surface area contributed by atoms with Gasteiger partial charge in [-0.25, -0.2) is 0 Å². The molecule has 1 saturated heterocycles. The predicted molar refractivity (Wildman–Crippen MR) is 96.1 cm³/mol. The number of hydrogen-bond donors (Lipinski definition) is 2. The average molecular weight is 381 g/mol. The Bertz CT molecular complexity index is 826. The van der Waals surface area contributed by atoms with E-state index in [2.05, 4.69) is 22.2 Å². The second-order valence-corrected chi connectivity index (χ2v) is 7.00. The van der Waals surface area contributed by atoms with E-state index in [1.54, 1.807) is 0 Å². The number of halogens is 3. The summed E-state index contributed by atoms with van der Waals surface area (Å²) in [6.45, 7) is 3.90. The number of fused-ring (bicyclic) bond motifs is 1. The number of carbonyl (C=O) groups excluding carboxylic acids is 1. The van der Waals surface area contributed by atoms with Crippen molar-refractivity contribution in [2.45, 2.75) is 32.0 Å². The predicted octanol–water partition coefficient (Wildman–Crippen LogP) is 2.33. The highest BCUT2D eigenvalue weighted by Crippen LogP contribution is 2.37. The van der Waals surface area contributed by atoms with E-state index in [1.807, 2.05) is 4.90 Å². The van der Waals surface area contributed by atoms with Gasteiger partial charge in [-0.3, -0.25) is 14.8 Å². The number of amides is 1. The number of benzene rings is 1. The van der Waals surface area contributed by atoms with Crippen molar-refractivity contribution in [1.29, 1.82) is 0 Å². The lowest BCUT2D eigenvalue weighted by Gasteiger charge is -2.38. The van der Waals surface area contributed by atoms with Crippen LogP contribution in [0.5, 0.6) is 0 Å². The molecule has 146 valence electrons. The number of hydrogen-bond acceptors (Lipinski definition) is 5. The van der Waals surface area contributed by atoms with Gasteiger partial charge in [0, 0.05) is 44.5 Å². The molecule has 0 aliphatic carbocycles. The van der Waals surface area contributed by atoms with Gasteiger partial charge in [0.15, 0.2) is 0 Å². The number of primary amides is 1. The zero-order valence-electron chi connectivity index (χ0n) is 15.0. The van der Waals surface area contributed by atoms with Crippen molar-refractivity contribution in [3.8, 4) is 0 Å². The maximum atomic E-state index is 13.3. The summed E-state index contributed by atoms with van der Waals surface area (Å²) in [5, 5.41) is 3.31. The molecule has 0 saturated carbocycles. The van der Waals surface area contributed by atoms with Gasteiger partial charge >= 0.3 is 6.18 Å². The Morgan fingerprint density at radius 3 is 2.63 bits per heavy atom. The molecule has 3 rings (SSSR count). The van der Waals surface area contributed by atoms with Crippen molar-refractivity contribution in [2.75, 3.05) is 24.5 Å². The van der Waals surface area contributed by atoms with E-state index in [4.69, 9.17) is 5.73 Å². The standard InChI is InChI=1S/C18H22F3N5O/c1-11-8-12(23-5-4-15(22)27)10-26(9-11)14-3-2-13(18(19,20)21)16-17(14)25-7-6-24-16/h2-3,6-7,11-12,23H,4-5,8-10H2,1H3,(H2,22,27)/t11-,12+/m0/s1. The Hall–Kier alpha value is -2.42. The fraction of sp³-hybridized carbons (Fsp3) is 0.500. The Labute approximate surface area is 155 Å². The summed E-state index contributed by atoms with van der Waals surface area (Å²) in [7, 11) is 0. The third-order valence-electron chi connectivity index (χ3n) is 4.71. The molecule has 0 radical (unpaired) electrons. The molecule has 6 nitrogen and oxygen atoms in total. The molecule has 1 aromatic heterocycles. The molecule has 27 heavy (non-hydrogen) atoms. The van der Waals surface area contributed by atoms with E-state index < -0.39 is 11.7 Å². The zero-order chi connectivity index (χ0) is 19.6. The van der Waals surface area contributed by atoms with Crippen LogP contribution in [0, 0.1) is 5.92 Å². The van der Waals surface area contributed by atoms with E-state index in [1.165, 1.54) is 18.5 Å². The molecule has 2 atom stereocenters. The highest BCUT2D eigenvalue weighted by atomic mass is 19.4. The number of nitrogens with two attached hydrogens (primary N) is 1. The third-order valence-corrected chi connectivity index (χ3v) is 4.71. The van der Waals surface area contributed by atoms with Crippen molar-refractivity contribution in [2.24, 2.45) is 11.7 Å². The van der Waals surface area contributed by atoms with E-state index in [0.717, 1.165) is 12.5 Å². The molecule has 1 amide bonds. The highest BCUT2D eigenvalue weighted by Gasteiger charge is 2.35. The van der Waals surface area contributed by atoms with Crippen LogP contribution in [-0.4, -0.2) is 41.6 Å². The van der Waals surface area contributed by atoms with E-state index >= 15 is 0 Å². The number of piperidine rings is 1. The zero-order valence-corrected chi connectivity index (χ0v) is 15.0. The number of aromatic nitrogens is 2. The molecule has 2 heterocycles. The minimum Gasteiger partial charge on any atom is -0.370 e. The molecular formula is C18H22F3N5O. The molecule has 1 fully saturated rings. The van der Waals surface area contributed by atoms with E-state index in [-0.39, 0.29) is 29.4 Å². The van der Waals surface area contributed by atoms with E-state index in [0.29, 0.717) is 31.2 Å². The number of rotatable bonds is 5. The lowest BCUT2D eigenvalue weighted by molar-refractivity contribution is -0.136. The maximum absolute atomic E-state index is 13.3. The minimum atomic E-state index is -4.49. The number of nitrogens with zero attached hydrogens (tertiary/aromatic N) is 3. The van der Waals surface area contributed by atoms with Crippen molar-refractivity contribution < 1.29 is 18.0 Å².